The maximum absolute atomic E-state index is 10.8. The van der Waals surface area contributed by atoms with Crippen LogP contribution in [0.15, 0.2) is 12.3 Å². The van der Waals surface area contributed by atoms with Crippen LogP contribution >= 0.6 is 0 Å². The monoisotopic (exact) mass is 213 g/mol. The van der Waals surface area contributed by atoms with E-state index in [0.717, 1.165) is 19.1 Å². The summed E-state index contributed by atoms with van der Waals surface area (Å²) in [5.41, 5.74) is 0. The molecule has 1 saturated carbocycles. The standard InChI is InChI=1S/C11H19NO3/c1-12(6-5-11(13)14-2)7-8-15-9-10-3-4-10/h5-6,10H,3-4,7-9H2,1-2H3. The summed E-state index contributed by atoms with van der Waals surface area (Å²) in [6, 6.07) is 0. The third kappa shape index (κ3) is 6.12. The lowest BCUT2D eigenvalue weighted by Crippen LogP contribution is -2.18. The van der Waals surface area contributed by atoms with Crippen molar-refractivity contribution in [1.29, 1.82) is 0 Å². The second-order valence-corrected chi connectivity index (χ2v) is 3.84. The molecule has 4 nitrogen and oxygen atoms in total. The zero-order valence-corrected chi connectivity index (χ0v) is 9.44. The van der Waals surface area contributed by atoms with E-state index in [9.17, 15) is 4.79 Å². The number of hydrogen-bond donors (Lipinski definition) is 0. The molecule has 0 spiro atoms. The normalized spacial score (nSPS) is 15.6. The van der Waals surface area contributed by atoms with Gasteiger partial charge in [-0.1, -0.05) is 0 Å². The highest BCUT2D eigenvalue weighted by atomic mass is 16.5. The maximum atomic E-state index is 10.8. The van der Waals surface area contributed by atoms with Crippen LogP contribution in [0.3, 0.4) is 0 Å². The molecule has 0 aliphatic heterocycles. The van der Waals surface area contributed by atoms with E-state index in [-0.39, 0.29) is 5.97 Å². The Labute approximate surface area is 90.8 Å². The Kier molecular flexibility index (Phi) is 5.18. The smallest absolute Gasteiger partial charge is 0.331 e. The molecule has 15 heavy (non-hydrogen) atoms. The summed E-state index contributed by atoms with van der Waals surface area (Å²) in [6.07, 6.45) is 5.74. The molecule has 0 aromatic heterocycles. The number of ether oxygens (including phenoxy) is 2. The molecule has 0 saturated heterocycles. The molecule has 1 aliphatic carbocycles. The van der Waals surface area contributed by atoms with Gasteiger partial charge in [0.1, 0.15) is 0 Å². The number of methoxy groups -OCH3 is 1. The Balaban J connectivity index is 1.98. The van der Waals surface area contributed by atoms with E-state index in [1.54, 1.807) is 6.20 Å². The lowest BCUT2D eigenvalue weighted by molar-refractivity contribution is -0.134. The number of nitrogens with zero attached hydrogens (tertiary/aromatic N) is 1. The van der Waals surface area contributed by atoms with Crippen molar-refractivity contribution in [2.24, 2.45) is 5.92 Å². The molecule has 1 fully saturated rings. The minimum Gasteiger partial charge on any atom is -0.466 e. The van der Waals surface area contributed by atoms with Crippen LogP contribution in [0.25, 0.3) is 0 Å². The molecule has 0 heterocycles. The minimum absolute atomic E-state index is 0.333. The fourth-order valence-corrected chi connectivity index (χ4v) is 1.07. The number of carbonyl (C=O) groups excluding carboxylic acids is 1. The summed E-state index contributed by atoms with van der Waals surface area (Å²) in [6.45, 7) is 2.38. The highest BCUT2D eigenvalue weighted by Gasteiger charge is 2.20. The second kappa shape index (κ2) is 6.45. The molecule has 0 aromatic rings. The number of likely N-dealkylation sites (N-methyl/N-ethyl adjacent to an activating group) is 1. The van der Waals surface area contributed by atoms with Gasteiger partial charge in [-0.2, -0.15) is 0 Å². The first-order valence-electron chi connectivity index (χ1n) is 5.26. The average Bonchev–Trinajstić information content (AvgIpc) is 3.04. The topological polar surface area (TPSA) is 38.8 Å². The number of carbonyl (C=O) groups is 1. The van der Waals surface area contributed by atoms with Gasteiger partial charge in [-0.15, -0.1) is 0 Å². The predicted octanol–water partition coefficient (Wildman–Crippen LogP) is 1.03. The van der Waals surface area contributed by atoms with Gasteiger partial charge in [-0.25, -0.2) is 4.79 Å². The Bertz CT molecular complexity index is 224. The molecule has 0 radical (unpaired) electrons. The van der Waals surface area contributed by atoms with Gasteiger partial charge in [0.15, 0.2) is 0 Å². The molecule has 0 bridgehead atoms. The second-order valence-electron chi connectivity index (χ2n) is 3.84. The van der Waals surface area contributed by atoms with Crippen LogP contribution in [0.5, 0.6) is 0 Å². The van der Waals surface area contributed by atoms with Gasteiger partial charge in [-0.3, -0.25) is 0 Å². The largest absolute Gasteiger partial charge is 0.466 e. The SMILES string of the molecule is COC(=O)C=CN(C)CCOCC1CC1. The van der Waals surface area contributed by atoms with E-state index in [4.69, 9.17) is 4.74 Å². The Morgan fingerprint density at radius 3 is 2.87 bits per heavy atom. The van der Waals surface area contributed by atoms with Crippen LogP contribution in [0.4, 0.5) is 0 Å². The van der Waals surface area contributed by atoms with Crippen molar-refractivity contribution < 1.29 is 14.3 Å². The quantitative estimate of drug-likeness (QED) is 0.360. The third-order valence-electron chi connectivity index (χ3n) is 2.31. The Morgan fingerprint density at radius 2 is 2.27 bits per heavy atom. The van der Waals surface area contributed by atoms with Gasteiger partial charge >= 0.3 is 5.97 Å². The van der Waals surface area contributed by atoms with Gasteiger partial charge in [0.2, 0.25) is 0 Å². The average molecular weight is 213 g/mol. The van der Waals surface area contributed by atoms with Crippen molar-refractivity contribution in [2.75, 3.05) is 33.9 Å². The molecule has 1 aliphatic rings. The van der Waals surface area contributed by atoms with Gasteiger partial charge in [0, 0.05) is 32.5 Å². The van der Waals surface area contributed by atoms with Crippen LogP contribution in [-0.4, -0.2) is 44.8 Å². The fourth-order valence-electron chi connectivity index (χ4n) is 1.07. The van der Waals surface area contributed by atoms with Crippen LogP contribution < -0.4 is 0 Å². The van der Waals surface area contributed by atoms with Gasteiger partial charge in [0.05, 0.1) is 13.7 Å². The Morgan fingerprint density at radius 1 is 1.53 bits per heavy atom. The highest BCUT2D eigenvalue weighted by molar-refractivity contribution is 5.81. The van der Waals surface area contributed by atoms with Crippen LogP contribution in [0.2, 0.25) is 0 Å². The summed E-state index contributed by atoms with van der Waals surface area (Å²) in [4.78, 5) is 12.7. The van der Waals surface area contributed by atoms with Crippen molar-refractivity contribution in [1.82, 2.24) is 4.90 Å². The van der Waals surface area contributed by atoms with Crippen molar-refractivity contribution in [2.45, 2.75) is 12.8 Å². The van der Waals surface area contributed by atoms with E-state index in [2.05, 4.69) is 4.74 Å². The molecule has 0 amide bonds. The first-order valence-corrected chi connectivity index (χ1v) is 5.26. The molecule has 0 N–H and O–H groups in total. The number of hydrogen-bond acceptors (Lipinski definition) is 4. The van der Waals surface area contributed by atoms with Crippen molar-refractivity contribution in [3.63, 3.8) is 0 Å². The van der Waals surface area contributed by atoms with Gasteiger partial charge in [0.25, 0.3) is 0 Å². The summed E-state index contributed by atoms with van der Waals surface area (Å²) in [5, 5.41) is 0. The lowest BCUT2D eigenvalue weighted by atomic mass is 10.5. The maximum Gasteiger partial charge on any atom is 0.331 e. The molecule has 0 aromatic carbocycles. The van der Waals surface area contributed by atoms with E-state index in [1.165, 1.54) is 26.0 Å². The van der Waals surface area contributed by atoms with Crippen LogP contribution in [0, 0.1) is 5.92 Å². The van der Waals surface area contributed by atoms with Crippen molar-refractivity contribution >= 4 is 5.97 Å². The molecule has 1 rings (SSSR count). The molecule has 4 heteroatoms. The summed E-state index contributed by atoms with van der Waals surface area (Å²) in [5.74, 6) is 0.474. The van der Waals surface area contributed by atoms with Crippen molar-refractivity contribution in [3.05, 3.63) is 12.3 Å². The fraction of sp³-hybridized carbons (Fsp3) is 0.727. The summed E-state index contributed by atoms with van der Waals surface area (Å²) in [7, 11) is 3.27. The van der Waals surface area contributed by atoms with Gasteiger partial charge in [-0.05, 0) is 18.8 Å². The van der Waals surface area contributed by atoms with Crippen molar-refractivity contribution in [3.8, 4) is 0 Å². The van der Waals surface area contributed by atoms with E-state index < -0.39 is 0 Å². The molecular weight excluding hydrogens is 194 g/mol. The molecule has 86 valence electrons. The van der Waals surface area contributed by atoms with Crippen LogP contribution in [-0.2, 0) is 14.3 Å². The van der Waals surface area contributed by atoms with E-state index in [1.807, 2.05) is 11.9 Å². The predicted molar refractivity (Wildman–Crippen MR) is 57.3 cm³/mol. The van der Waals surface area contributed by atoms with E-state index in [0.29, 0.717) is 6.61 Å². The zero-order valence-electron chi connectivity index (χ0n) is 9.44. The zero-order chi connectivity index (χ0) is 11.1. The first-order chi connectivity index (χ1) is 7.22. The highest BCUT2D eigenvalue weighted by Crippen LogP contribution is 2.28. The minimum atomic E-state index is -0.333. The summed E-state index contributed by atoms with van der Waals surface area (Å²) < 4.78 is 9.95. The lowest BCUT2D eigenvalue weighted by Gasteiger charge is -2.13. The van der Waals surface area contributed by atoms with E-state index >= 15 is 0 Å². The van der Waals surface area contributed by atoms with Gasteiger partial charge < -0.3 is 14.4 Å². The first kappa shape index (κ1) is 12.0. The number of esters is 1. The van der Waals surface area contributed by atoms with Crippen LogP contribution in [0.1, 0.15) is 12.8 Å². The third-order valence-corrected chi connectivity index (χ3v) is 2.31. The molecular formula is C11H19NO3. The molecule has 0 unspecified atom stereocenters. The molecule has 0 atom stereocenters. The Hall–Kier alpha value is -1.03. The summed E-state index contributed by atoms with van der Waals surface area (Å²) >= 11 is 0. The number of rotatable bonds is 7.